The number of aromatic nitrogens is 2. The lowest BCUT2D eigenvalue weighted by atomic mass is 10.0. The van der Waals surface area contributed by atoms with Gasteiger partial charge >= 0.3 is 0 Å². The smallest absolute Gasteiger partial charge is 0.254 e. The van der Waals surface area contributed by atoms with Gasteiger partial charge in [-0.25, -0.2) is 0 Å². The number of rotatable bonds is 6. The van der Waals surface area contributed by atoms with Gasteiger partial charge in [0.1, 0.15) is 16.8 Å². The van der Waals surface area contributed by atoms with Crippen LogP contribution in [0, 0.1) is 0 Å². The lowest BCUT2D eigenvalue weighted by Gasteiger charge is -2.23. The van der Waals surface area contributed by atoms with Gasteiger partial charge < -0.3 is 9.64 Å². The van der Waals surface area contributed by atoms with E-state index in [4.69, 9.17) is 4.74 Å². The molecule has 1 unspecified atom stereocenters. The second-order valence-electron chi connectivity index (χ2n) is 8.23. The van der Waals surface area contributed by atoms with Gasteiger partial charge in [0.15, 0.2) is 0 Å². The number of nitrogens with one attached hydrogen (secondary N) is 1. The molecule has 2 amide bonds. The average Bonchev–Trinajstić information content (AvgIpc) is 3.59. The minimum Gasteiger partial charge on any atom is -0.497 e. The van der Waals surface area contributed by atoms with E-state index >= 15 is 0 Å². The number of hydrogen-bond acceptors (Lipinski definition) is 6. The second kappa shape index (κ2) is 10.1. The fourth-order valence-electron chi connectivity index (χ4n) is 4.22. The van der Waals surface area contributed by atoms with Crippen molar-refractivity contribution in [2.45, 2.75) is 18.9 Å². The highest BCUT2D eigenvalue weighted by molar-refractivity contribution is 7.18. The highest BCUT2D eigenvalue weighted by Crippen LogP contribution is 2.30. The molecule has 3 aromatic carbocycles. The highest BCUT2D eigenvalue weighted by atomic mass is 32.1. The third-order valence-corrected chi connectivity index (χ3v) is 6.91. The molecule has 8 heteroatoms. The SMILES string of the molecule is COc1cccc(-c2nnc(NC(=O)C3CCCN3C(=O)c3ccc(-c4ccccc4)cc3)s2)c1. The van der Waals surface area contributed by atoms with Gasteiger partial charge in [-0.3, -0.25) is 14.9 Å². The first-order valence-corrected chi connectivity index (χ1v) is 12.2. The van der Waals surface area contributed by atoms with Gasteiger partial charge in [-0.2, -0.15) is 0 Å². The van der Waals surface area contributed by atoms with Crippen LogP contribution >= 0.6 is 11.3 Å². The second-order valence-corrected chi connectivity index (χ2v) is 9.21. The monoisotopic (exact) mass is 484 g/mol. The predicted octanol–water partition coefficient (Wildman–Crippen LogP) is 5.12. The molecule has 0 saturated carbocycles. The number of methoxy groups -OCH3 is 1. The average molecular weight is 485 g/mol. The van der Waals surface area contributed by atoms with Crippen LogP contribution in [-0.4, -0.2) is 46.6 Å². The molecule has 1 atom stereocenters. The van der Waals surface area contributed by atoms with Crippen molar-refractivity contribution >= 4 is 28.3 Å². The van der Waals surface area contributed by atoms with Gasteiger partial charge in [0, 0.05) is 17.7 Å². The van der Waals surface area contributed by atoms with Crippen LogP contribution in [-0.2, 0) is 4.79 Å². The van der Waals surface area contributed by atoms with Crippen molar-refractivity contribution in [1.82, 2.24) is 15.1 Å². The molecule has 1 N–H and O–H groups in total. The van der Waals surface area contributed by atoms with E-state index in [0.717, 1.165) is 28.9 Å². The zero-order valence-electron chi connectivity index (χ0n) is 19.2. The number of carbonyl (C=O) groups is 2. The Labute approximate surface area is 207 Å². The maximum absolute atomic E-state index is 13.2. The Morgan fingerprint density at radius 1 is 0.943 bits per heavy atom. The summed E-state index contributed by atoms with van der Waals surface area (Å²) in [5.41, 5.74) is 3.57. The van der Waals surface area contributed by atoms with E-state index in [2.05, 4.69) is 15.5 Å². The van der Waals surface area contributed by atoms with Crippen LogP contribution in [0.1, 0.15) is 23.2 Å². The molecule has 5 rings (SSSR count). The summed E-state index contributed by atoms with van der Waals surface area (Å²) in [4.78, 5) is 27.9. The van der Waals surface area contributed by atoms with Crippen molar-refractivity contribution in [3.05, 3.63) is 84.4 Å². The van der Waals surface area contributed by atoms with Gasteiger partial charge in [0.2, 0.25) is 11.0 Å². The molecule has 1 saturated heterocycles. The Balaban J connectivity index is 1.27. The van der Waals surface area contributed by atoms with Crippen molar-refractivity contribution < 1.29 is 14.3 Å². The molecule has 0 aliphatic carbocycles. The maximum atomic E-state index is 13.2. The summed E-state index contributed by atoms with van der Waals surface area (Å²) >= 11 is 1.28. The molecule has 0 bridgehead atoms. The van der Waals surface area contributed by atoms with Crippen LogP contribution in [0.25, 0.3) is 21.7 Å². The topological polar surface area (TPSA) is 84.4 Å². The minimum atomic E-state index is -0.541. The first-order valence-electron chi connectivity index (χ1n) is 11.4. The van der Waals surface area contributed by atoms with Crippen LogP contribution in [0.5, 0.6) is 5.75 Å². The van der Waals surface area contributed by atoms with Crippen LogP contribution in [0.4, 0.5) is 5.13 Å². The molecule has 7 nitrogen and oxygen atoms in total. The van der Waals surface area contributed by atoms with Gasteiger partial charge in [-0.1, -0.05) is 65.9 Å². The molecule has 1 fully saturated rings. The Morgan fingerprint density at radius 2 is 1.69 bits per heavy atom. The third kappa shape index (κ3) is 4.93. The fraction of sp³-hybridized carbons (Fsp3) is 0.185. The number of benzene rings is 3. The molecule has 35 heavy (non-hydrogen) atoms. The third-order valence-electron chi connectivity index (χ3n) is 6.03. The van der Waals surface area contributed by atoms with Gasteiger partial charge in [0.25, 0.3) is 5.91 Å². The van der Waals surface area contributed by atoms with Crippen LogP contribution < -0.4 is 10.1 Å². The van der Waals surface area contributed by atoms with Crippen molar-refractivity contribution in [3.63, 3.8) is 0 Å². The van der Waals surface area contributed by atoms with Gasteiger partial charge in [0.05, 0.1) is 7.11 Å². The number of amides is 2. The minimum absolute atomic E-state index is 0.142. The summed E-state index contributed by atoms with van der Waals surface area (Å²) in [5.74, 6) is 0.335. The van der Waals surface area contributed by atoms with E-state index in [1.807, 2.05) is 78.9 Å². The number of anilines is 1. The molecule has 0 spiro atoms. The van der Waals surface area contributed by atoms with E-state index in [0.29, 0.717) is 28.7 Å². The summed E-state index contributed by atoms with van der Waals surface area (Å²) < 4.78 is 5.26. The summed E-state index contributed by atoms with van der Waals surface area (Å²) in [6.07, 6.45) is 1.39. The number of ether oxygens (including phenoxy) is 1. The first kappa shape index (κ1) is 22.7. The number of carbonyl (C=O) groups excluding carboxylic acids is 2. The zero-order valence-corrected chi connectivity index (χ0v) is 20.0. The fourth-order valence-corrected chi connectivity index (χ4v) is 4.96. The highest BCUT2D eigenvalue weighted by Gasteiger charge is 2.35. The van der Waals surface area contributed by atoms with Gasteiger partial charge in [-0.05, 0) is 48.2 Å². The Hall–Kier alpha value is -4.04. The summed E-state index contributed by atoms with van der Waals surface area (Å²) in [7, 11) is 1.61. The van der Waals surface area contributed by atoms with Gasteiger partial charge in [-0.15, -0.1) is 10.2 Å². The molecule has 0 radical (unpaired) electrons. The van der Waals surface area contributed by atoms with Crippen molar-refractivity contribution in [2.24, 2.45) is 0 Å². The molecule has 176 valence electrons. The standard InChI is InChI=1S/C27H24N4O3S/c1-34-22-10-5-9-21(17-22)25-29-30-27(35-25)28-24(32)23-11-6-16-31(23)26(33)20-14-12-19(13-15-20)18-7-3-2-4-8-18/h2-5,7-10,12-15,17,23H,6,11,16H2,1H3,(H,28,30,32). The van der Waals surface area contributed by atoms with Crippen molar-refractivity contribution in [1.29, 1.82) is 0 Å². The molecule has 1 aliphatic rings. The lowest BCUT2D eigenvalue weighted by molar-refractivity contribution is -0.119. The Bertz CT molecular complexity index is 1340. The molecular formula is C27H24N4O3S. The van der Waals surface area contributed by atoms with Crippen molar-refractivity contribution in [3.8, 4) is 27.4 Å². The summed E-state index contributed by atoms with van der Waals surface area (Å²) in [6, 6.07) is 24.5. The quantitative estimate of drug-likeness (QED) is 0.410. The maximum Gasteiger partial charge on any atom is 0.254 e. The summed E-state index contributed by atoms with van der Waals surface area (Å²) in [5, 5.41) is 12.2. The Morgan fingerprint density at radius 3 is 2.46 bits per heavy atom. The van der Waals surface area contributed by atoms with Crippen LogP contribution in [0.3, 0.4) is 0 Å². The predicted molar refractivity (Wildman–Crippen MR) is 136 cm³/mol. The largest absolute Gasteiger partial charge is 0.497 e. The normalized spacial score (nSPS) is 15.1. The lowest BCUT2D eigenvalue weighted by Crippen LogP contribution is -2.43. The van der Waals surface area contributed by atoms with E-state index in [-0.39, 0.29) is 11.8 Å². The molecular weight excluding hydrogens is 460 g/mol. The van der Waals surface area contributed by atoms with Crippen molar-refractivity contribution in [2.75, 3.05) is 19.0 Å². The molecule has 4 aromatic rings. The van der Waals surface area contributed by atoms with Crippen LogP contribution in [0.15, 0.2) is 78.9 Å². The van der Waals surface area contributed by atoms with E-state index in [1.54, 1.807) is 12.0 Å². The van der Waals surface area contributed by atoms with E-state index in [9.17, 15) is 9.59 Å². The zero-order chi connectivity index (χ0) is 24.2. The van der Waals surface area contributed by atoms with E-state index < -0.39 is 6.04 Å². The first-order chi connectivity index (χ1) is 17.1. The number of likely N-dealkylation sites (tertiary alicyclic amines) is 1. The molecule has 1 aromatic heterocycles. The van der Waals surface area contributed by atoms with Crippen LogP contribution in [0.2, 0.25) is 0 Å². The summed E-state index contributed by atoms with van der Waals surface area (Å²) in [6.45, 7) is 0.544. The molecule has 1 aliphatic heterocycles. The van der Waals surface area contributed by atoms with E-state index in [1.165, 1.54) is 11.3 Å². The number of nitrogens with zero attached hydrogens (tertiary/aromatic N) is 3. The Kier molecular flexibility index (Phi) is 6.54. The molecule has 2 heterocycles. The number of hydrogen-bond donors (Lipinski definition) is 1.